The van der Waals surface area contributed by atoms with E-state index in [4.69, 9.17) is 10.5 Å². The highest BCUT2D eigenvalue weighted by molar-refractivity contribution is 7.10. The third-order valence-electron chi connectivity index (χ3n) is 3.53. The zero-order valence-electron chi connectivity index (χ0n) is 13.4. The normalized spacial score (nSPS) is 11.1. The number of amides is 2. The van der Waals surface area contributed by atoms with Crippen LogP contribution in [0.3, 0.4) is 0 Å². The summed E-state index contributed by atoms with van der Waals surface area (Å²) in [5, 5.41) is 4.91. The van der Waals surface area contributed by atoms with Crippen LogP contribution < -0.4 is 15.8 Å². The number of nitrogens with two attached hydrogens (primary N) is 1. The third kappa shape index (κ3) is 4.10. The molecule has 2 aromatic rings. The van der Waals surface area contributed by atoms with Crippen LogP contribution in [-0.2, 0) is 15.0 Å². The summed E-state index contributed by atoms with van der Waals surface area (Å²) in [6, 6.07) is 9.11. The lowest BCUT2D eigenvalue weighted by Crippen LogP contribution is -2.34. The van der Waals surface area contributed by atoms with Crippen molar-refractivity contribution in [1.29, 1.82) is 0 Å². The number of aryl methyl sites for hydroxylation is 1. The Labute approximate surface area is 139 Å². The van der Waals surface area contributed by atoms with Gasteiger partial charge in [0.05, 0.1) is 5.41 Å². The Morgan fingerprint density at radius 3 is 2.61 bits per heavy atom. The van der Waals surface area contributed by atoms with Gasteiger partial charge in [-0.15, -0.1) is 11.3 Å². The minimum Gasteiger partial charge on any atom is -0.484 e. The molecular formula is C17H20N2O3S. The van der Waals surface area contributed by atoms with Crippen LogP contribution in [0.5, 0.6) is 5.75 Å². The molecule has 6 heteroatoms. The summed E-state index contributed by atoms with van der Waals surface area (Å²) in [6.45, 7) is 5.49. The van der Waals surface area contributed by atoms with Crippen molar-refractivity contribution in [3.63, 3.8) is 0 Å². The molecule has 0 aliphatic rings. The number of carbonyl (C=O) groups excluding carboxylic acids is 2. The molecular weight excluding hydrogens is 312 g/mol. The fourth-order valence-electron chi connectivity index (χ4n) is 2.05. The second-order valence-corrected chi connectivity index (χ2v) is 6.74. The average molecular weight is 332 g/mol. The fourth-order valence-corrected chi connectivity index (χ4v) is 2.89. The fraction of sp³-hybridized carbons (Fsp3) is 0.294. The van der Waals surface area contributed by atoms with Crippen molar-refractivity contribution in [3.05, 3.63) is 46.2 Å². The molecule has 23 heavy (non-hydrogen) atoms. The molecule has 0 fully saturated rings. The molecule has 0 saturated heterocycles. The van der Waals surface area contributed by atoms with Crippen LogP contribution in [0.25, 0.3) is 0 Å². The third-order valence-corrected chi connectivity index (χ3v) is 4.73. The van der Waals surface area contributed by atoms with Gasteiger partial charge >= 0.3 is 0 Å². The second-order valence-electron chi connectivity index (χ2n) is 5.79. The number of nitrogens with one attached hydrogen (secondary N) is 1. The molecule has 3 N–H and O–H groups in total. The van der Waals surface area contributed by atoms with Gasteiger partial charge in [0.15, 0.2) is 6.61 Å². The Balaban J connectivity index is 2.11. The Kier molecular flexibility index (Phi) is 5.05. The molecule has 122 valence electrons. The maximum absolute atomic E-state index is 12.6. The van der Waals surface area contributed by atoms with Gasteiger partial charge < -0.3 is 15.8 Å². The number of thiophene rings is 1. The zero-order chi connectivity index (χ0) is 17.0. The summed E-state index contributed by atoms with van der Waals surface area (Å²) in [5.41, 5.74) is 6.00. The van der Waals surface area contributed by atoms with Crippen molar-refractivity contribution in [2.75, 3.05) is 11.9 Å². The minimum absolute atomic E-state index is 0.0751. The molecule has 0 aliphatic heterocycles. The van der Waals surface area contributed by atoms with E-state index in [0.717, 1.165) is 10.4 Å². The van der Waals surface area contributed by atoms with E-state index in [1.54, 1.807) is 29.5 Å². The molecule has 0 bridgehead atoms. The first-order chi connectivity index (χ1) is 10.8. The van der Waals surface area contributed by atoms with Gasteiger partial charge in [0, 0.05) is 10.6 Å². The highest BCUT2D eigenvalue weighted by atomic mass is 32.1. The van der Waals surface area contributed by atoms with Gasteiger partial charge in [0.25, 0.3) is 5.91 Å². The molecule has 2 amide bonds. The van der Waals surface area contributed by atoms with Crippen LogP contribution in [0, 0.1) is 6.92 Å². The number of rotatable bonds is 6. The summed E-state index contributed by atoms with van der Waals surface area (Å²) in [7, 11) is 0. The topological polar surface area (TPSA) is 81.4 Å². The van der Waals surface area contributed by atoms with Gasteiger partial charge in [-0.1, -0.05) is 6.07 Å². The van der Waals surface area contributed by atoms with Crippen molar-refractivity contribution < 1.29 is 14.3 Å². The Bertz CT molecular complexity index is 709. The lowest BCUT2D eigenvalue weighted by molar-refractivity contribution is -0.120. The van der Waals surface area contributed by atoms with Crippen LogP contribution in [0.1, 0.15) is 24.3 Å². The van der Waals surface area contributed by atoms with Crippen molar-refractivity contribution >= 4 is 28.8 Å². The number of primary amides is 1. The SMILES string of the molecule is Cc1cc(OCC(N)=O)ccc1NC(=O)C(C)(C)c1cccs1. The van der Waals surface area contributed by atoms with Crippen molar-refractivity contribution in [2.24, 2.45) is 5.73 Å². The number of carbonyl (C=O) groups is 2. The van der Waals surface area contributed by atoms with E-state index in [1.807, 2.05) is 38.3 Å². The molecule has 1 aromatic heterocycles. The quantitative estimate of drug-likeness (QED) is 0.853. The van der Waals surface area contributed by atoms with Crippen LogP contribution in [0.2, 0.25) is 0 Å². The zero-order valence-corrected chi connectivity index (χ0v) is 14.2. The highest BCUT2D eigenvalue weighted by Crippen LogP contribution is 2.30. The summed E-state index contributed by atoms with van der Waals surface area (Å²) < 4.78 is 5.25. The maximum atomic E-state index is 12.6. The Hall–Kier alpha value is -2.34. The molecule has 2 rings (SSSR count). The van der Waals surface area contributed by atoms with Crippen LogP contribution in [-0.4, -0.2) is 18.4 Å². The van der Waals surface area contributed by atoms with Crippen molar-refractivity contribution in [1.82, 2.24) is 0 Å². The molecule has 0 unspecified atom stereocenters. The minimum atomic E-state index is -0.609. The predicted octanol–water partition coefficient (Wildman–Crippen LogP) is 2.84. The van der Waals surface area contributed by atoms with Crippen molar-refractivity contribution in [3.8, 4) is 5.75 Å². The highest BCUT2D eigenvalue weighted by Gasteiger charge is 2.31. The van der Waals surface area contributed by atoms with Crippen LogP contribution in [0.15, 0.2) is 35.7 Å². The standard InChI is InChI=1S/C17H20N2O3S/c1-11-9-12(22-10-15(18)20)6-7-13(11)19-16(21)17(2,3)14-5-4-8-23-14/h4-9H,10H2,1-3H3,(H2,18,20)(H,19,21). The molecule has 1 aromatic carbocycles. The maximum Gasteiger partial charge on any atom is 0.255 e. The van der Waals surface area contributed by atoms with Gasteiger partial charge in [0.1, 0.15) is 5.75 Å². The van der Waals surface area contributed by atoms with Gasteiger partial charge in [-0.2, -0.15) is 0 Å². The first-order valence-corrected chi connectivity index (χ1v) is 8.06. The lowest BCUT2D eigenvalue weighted by Gasteiger charge is -2.23. The van der Waals surface area contributed by atoms with E-state index in [2.05, 4.69) is 5.32 Å². The lowest BCUT2D eigenvalue weighted by atomic mass is 9.90. The summed E-state index contributed by atoms with van der Waals surface area (Å²) >= 11 is 1.56. The predicted molar refractivity (Wildman–Crippen MR) is 91.8 cm³/mol. The van der Waals surface area contributed by atoms with E-state index in [-0.39, 0.29) is 12.5 Å². The van der Waals surface area contributed by atoms with Gasteiger partial charge in [0.2, 0.25) is 5.91 Å². The Morgan fingerprint density at radius 1 is 1.30 bits per heavy atom. The second kappa shape index (κ2) is 6.83. The van der Waals surface area contributed by atoms with Crippen molar-refractivity contribution in [2.45, 2.75) is 26.2 Å². The number of hydrogen-bond donors (Lipinski definition) is 2. The number of ether oxygens (including phenoxy) is 1. The molecule has 0 radical (unpaired) electrons. The molecule has 0 spiro atoms. The number of anilines is 1. The van der Waals surface area contributed by atoms with E-state index in [9.17, 15) is 9.59 Å². The van der Waals surface area contributed by atoms with Crippen LogP contribution in [0.4, 0.5) is 5.69 Å². The van der Waals surface area contributed by atoms with E-state index < -0.39 is 11.3 Å². The molecule has 0 atom stereocenters. The molecule has 0 saturated carbocycles. The molecule has 0 aliphatic carbocycles. The smallest absolute Gasteiger partial charge is 0.255 e. The molecule has 5 nitrogen and oxygen atoms in total. The van der Waals surface area contributed by atoms with Gasteiger partial charge in [-0.3, -0.25) is 9.59 Å². The first-order valence-electron chi connectivity index (χ1n) is 7.18. The first kappa shape index (κ1) is 17.0. The van der Waals surface area contributed by atoms with E-state index in [0.29, 0.717) is 11.4 Å². The summed E-state index contributed by atoms with van der Waals surface area (Å²) in [6.07, 6.45) is 0. The van der Waals surface area contributed by atoms with E-state index in [1.165, 1.54) is 0 Å². The summed E-state index contributed by atoms with van der Waals surface area (Å²) in [5.74, 6) is -0.0663. The largest absolute Gasteiger partial charge is 0.484 e. The van der Waals surface area contributed by atoms with Gasteiger partial charge in [-0.25, -0.2) is 0 Å². The number of benzene rings is 1. The number of hydrogen-bond acceptors (Lipinski definition) is 4. The average Bonchev–Trinajstić information content (AvgIpc) is 3.02. The van der Waals surface area contributed by atoms with Gasteiger partial charge in [-0.05, 0) is 56.0 Å². The monoisotopic (exact) mass is 332 g/mol. The van der Waals surface area contributed by atoms with E-state index >= 15 is 0 Å². The van der Waals surface area contributed by atoms with Crippen LogP contribution >= 0.6 is 11.3 Å². The molecule has 1 heterocycles. The summed E-state index contributed by atoms with van der Waals surface area (Å²) in [4.78, 5) is 24.3. The Morgan fingerprint density at radius 2 is 2.04 bits per heavy atom.